The van der Waals surface area contributed by atoms with Gasteiger partial charge in [0, 0.05) is 6.54 Å². The molecule has 0 unspecified atom stereocenters. The fourth-order valence-electron chi connectivity index (χ4n) is 3.23. The zero-order chi connectivity index (χ0) is 17.1. The molecule has 2 aromatic heterocycles. The summed E-state index contributed by atoms with van der Waals surface area (Å²) >= 11 is 1.27. The highest BCUT2D eigenvalue weighted by molar-refractivity contribution is 7.20. The molecule has 2 heterocycles. The van der Waals surface area contributed by atoms with Crippen LogP contribution < -0.4 is 5.56 Å². The maximum Gasteiger partial charge on any atom is 0.348 e. The topological polar surface area (TPSA) is 61.2 Å². The van der Waals surface area contributed by atoms with Crippen LogP contribution in [0.1, 0.15) is 67.1 Å². The van der Waals surface area contributed by atoms with E-state index in [-0.39, 0.29) is 17.6 Å². The lowest BCUT2D eigenvalue weighted by atomic mass is 9.98. The van der Waals surface area contributed by atoms with Gasteiger partial charge in [-0.3, -0.25) is 9.36 Å². The van der Waals surface area contributed by atoms with Gasteiger partial charge in [-0.25, -0.2) is 9.78 Å². The Kier molecular flexibility index (Phi) is 5.33. The van der Waals surface area contributed by atoms with E-state index in [0.29, 0.717) is 27.2 Å². The van der Waals surface area contributed by atoms with Gasteiger partial charge in [-0.05, 0) is 44.6 Å². The monoisotopic (exact) mass is 348 g/mol. The maximum atomic E-state index is 12.7. The molecule has 1 aliphatic rings. The van der Waals surface area contributed by atoms with Gasteiger partial charge in [0.1, 0.15) is 15.8 Å². The van der Waals surface area contributed by atoms with E-state index >= 15 is 0 Å². The number of hydrogen-bond donors (Lipinski definition) is 0. The van der Waals surface area contributed by atoms with Gasteiger partial charge in [0.15, 0.2) is 0 Å². The third-order valence-electron chi connectivity index (χ3n) is 4.68. The predicted octanol–water partition coefficient (Wildman–Crippen LogP) is 4.06. The number of fused-ring (bicyclic) bond motifs is 1. The largest absolute Gasteiger partial charge is 0.458 e. The maximum absolute atomic E-state index is 12.7. The summed E-state index contributed by atoms with van der Waals surface area (Å²) in [5.41, 5.74) is 0.651. The number of aromatic nitrogens is 2. The summed E-state index contributed by atoms with van der Waals surface area (Å²) in [5, 5.41) is 0.564. The molecule has 0 aliphatic heterocycles. The van der Waals surface area contributed by atoms with Crippen LogP contribution >= 0.6 is 11.3 Å². The summed E-state index contributed by atoms with van der Waals surface area (Å²) < 4.78 is 7.30. The minimum absolute atomic E-state index is 0.0185. The fourth-order valence-corrected chi connectivity index (χ4v) is 4.25. The van der Waals surface area contributed by atoms with Crippen molar-refractivity contribution in [1.29, 1.82) is 0 Å². The van der Waals surface area contributed by atoms with Gasteiger partial charge >= 0.3 is 5.97 Å². The third-order valence-corrected chi connectivity index (χ3v) is 5.86. The van der Waals surface area contributed by atoms with Crippen LogP contribution in [0.3, 0.4) is 0 Å². The Bertz CT molecular complexity index is 787. The van der Waals surface area contributed by atoms with Crippen LogP contribution in [0, 0.1) is 6.92 Å². The molecule has 5 nitrogen and oxygen atoms in total. The molecule has 130 valence electrons. The van der Waals surface area contributed by atoms with E-state index in [1.807, 2.05) is 6.92 Å². The molecule has 2 aromatic rings. The van der Waals surface area contributed by atoms with Crippen LogP contribution in [0.15, 0.2) is 11.1 Å². The molecule has 3 rings (SSSR count). The van der Waals surface area contributed by atoms with E-state index in [1.54, 1.807) is 10.9 Å². The number of thiophene rings is 1. The second kappa shape index (κ2) is 7.47. The molecule has 1 saturated carbocycles. The molecule has 0 saturated heterocycles. The molecule has 24 heavy (non-hydrogen) atoms. The van der Waals surface area contributed by atoms with Crippen LogP contribution in [0.4, 0.5) is 0 Å². The van der Waals surface area contributed by atoms with E-state index < -0.39 is 0 Å². The summed E-state index contributed by atoms with van der Waals surface area (Å²) in [5.74, 6) is -0.304. The molecular formula is C18H24N2O3S. The average Bonchev–Trinajstić information content (AvgIpc) is 2.93. The third kappa shape index (κ3) is 3.38. The van der Waals surface area contributed by atoms with Gasteiger partial charge < -0.3 is 4.74 Å². The van der Waals surface area contributed by atoms with Crippen molar-refractivity contribution < 1.29 is 9.53 Å². The summed E-state index contributed by atoms with van der Waals surface area (Å²) in [7, 11) is 0. The zero-order valence-corrected chi connectivity index (χ0v) is 15.2. The van der Waals surface area contributed by atoms with E-state index in [1.165, 1.54) is 17.8 Å². The van der Waals surface area contributed by atoms with Crippen molar-refractivity contribution in [3.05, 3.63) is 27.1 Å². The number of nitrogens with zero attached hydrogens (tertiary/aromatic N) is 2. The van der Waals surface area contributed by atoms with Gasteiger partial charge in [-0.1, -0.05) is 19.8 Å². The molecule has 0 radical (unpaired) electrons. The van der Waals surface area contributed by atoms with E-state index in [9.17, 15) is 9.59 Å². The van der Waals surface area contributed by atoms with Crippen molar-refractivity contribution in [1.82, 2.24) is 9.55 Å². The van der Waals surface area contributed by atoms with Gasteiger partial charge in [0.05, 0.1) is 11.7 Å². The first-order valence-electron chi connectivity index (χ1n) is 8.81. The number of aryl methyl sites for hydroxylation is 2. The van der Waals surface area contributed by atoms with Gasteiger partial charge in [-0.2, -0.15) is 0 Å². The lowest BCUT2D eigenvalue weighted by Crippen LogP contribution is -2.21. The molecular weight excluding hydrogens is 324 g/mol. The second-order valence-corrected chi connectivity index (χ2v) is 7.50. The zero-order valence-electron chi connectivity index (χ0n) is 14.3. The Morgan fingerprint density at radius 1 is 1.38 bits per heavy atom. The number of rotatable bonds is 5. The lowest BCUT2D eigenvalue weighted by Gasteiger charge is -2.21. The average molecular weight is 348 g/mol. The molecule has 0 amide bonds. The fraction of sp³-hybridized carbons (Fsp3) is 0.611. The van der Waals surface area contributed by atoms with Crippen molar-refractivity contribution in [2.24, 2.45) is 0 Å². The lowest BCUT2D eigenvalue weighted by molar-refractivity contribution is 0.0216. The van der Waals surface area contributed by atoms with Crippen molar-refractivity contribution in [2.75, 3.05) is 0 Å². The van der Waals surface area contributed by atoms with Crippen LogP contribution in [0.5, 0.6) is 0 Å². The summed E-state index contributed by atoms with van der Waals surface area (Å²) in [6.45, 7) is 4.57. The molecule has 6 heteroatoms. The van der Waals surface area contributed by atoms with Gasteiger partial charge in [0.25, 0.3) is 5.56 Å². The summed E-state index contributed by atoms with van der Waals surface area (Å²) in [6, 6.07) is 0. The Hall–Kier alpha value is -1.69. The molecule has 0 N–H and O–H groups in total. The van der Waals surface area contributed by atoms with Crippen molar-refractivity contribution in [3.63, 3.8) is 0 Å². The Morgan fingerprint density at radius 2 is 2.12 bits per heavy atom. The highest BCUT2D eigenvalue weighted by Gasteiger charge is 2.24. The standard InChI is InChI=1S/C18H24N2O3S/c1-3-4-10-20-11-19-16-14(17(20)21)12(2)15(24-16)18(22)23-13-8-6-5-7-9-13/h11,13H,3-10H2,1-2H3. The first-order valence-corrected chi connectivity index (χ1v) is 9.63. The molecule has 0 aromatic carbocycles. The summed E-state index contributed by atoms with van der Waals surface area (Å²) in [6.07, 6.45) is 8.91. The highest BCUT2D eigenvalue weighted by atomic mass is 32.1. The van der Waals surface area contributed by atoms with Crippen molar-refractivity contribution >= 4 is 27.5 Å². The minimum Gasteiger partial charge on any atom is -0.458 e. The molecule has 0 spiro atoms. The van der Waals surface area contributed by atoms with Crippen LogP contribution in [0.2, 0.25) is 0 Å². The van der Waals surface area contributed by atoms with Crippen LogP contribution in [0.25, 0.3) is 10.2 Å². The number of hydrogen-bond acceptors (Lipinski definition) is 5. The van der Waals surface area contributed by atoms with Gasteiger partial charge in [-0.15, -0.1) is 11.3 Å². The minimum atomic E-state index is -0.304. The van der Waals surface area contributed by atoms with Crippen LogP contribution in [-0.2, 0) is 11.3 Å². The number of ether oxygens (including phenoxy) is 1. The normalized spacial score (nSPS) is 15.8. The number of unbranched alkanes of at least 4 members (excludes halogenated alkanes) is 1. The predicted molar refractivity (Wildman–Crippen MR) is 95.8 cm³/mol. The quantitative estimate of drug-likeness (QED) is 0.765. The first-order chi connectivity index (χ1) is 11.6. The van der Waals surface area contributed by atoms with Crippen molar-refractivity contribution in [2.45, 2.75) is 71.4 Å². The Labute approximate surface area is 145 Å². The molecule has 1 aliphatic carbocycles. The van der Waals surface area contributed by atoms with Crippen molar-refractivity contribution in [3.8, 4) is 0 Å². The SMILES string of the molecule is CCCCn1cnc2sc(C(=O)OC3CCCCC3)c(C)c2c1=O. The Morgan fingerprint density at radius 3 is 2.83 bits per heavy atom. The highest BCUT2D eigenvalue weighted by Crippen LogP contribution is 2.29. The smallest absolute Gasteiger partial charge is 0.348 e. The van der Waals surface area contributed by atoms with Crippen LogP contribution in [-0.4, -0.2) is 21.6 Å². The van der Waals surface area contributed by atoms with E-state index in [2.05, 4.69) is 11.9 Å². The van der Waals surface area contributed by atoms with E-state index in [0.717, 1.165) is 38.5 Å². The summed E-state index contributed by atoms with van der Waals surface area (Å²) in [4.78, 5) is 30.7. The Balaban J connectivity index is 1.88. The number of carbonyl (C=O) groups excluding carboxylic acids is 1. The molecule has 0 atom stereocenters. The molecule has 1 fully saturated rings. The molecule has 0 bridgehead atoms. The number of esters is 1. The second-order valence-electron chi connectivity index (χ2n) is 6.50. The van der Waals surface area contributed by atoms with E-state index in [4.69, 9.17) is 4.74 Å². The van der Waals surface area contributed by atoms with Gasteiger partial charge in [0.2, 0.25) is 0 Å². The first kappa shape index (κ1) is 17.1. The number of carbonyl (C=O) groups is 1.